The fourth-order valence-corrected chi connectivity index (χ4v) is 3.16. The molecule has 1 saturated carbocycles. The Morgan fingerprint density at radius 3 is 2.06 bits per heavy atom. The van der Waals surface area contributed by atoms with Gasteiger partial charge >= 0.3 is 0 Å². The second kappa shape index (κ2) is 6.17. The van der Waals surface area contributed by atoms with E-state index >= 15 is 0 Å². The van der Waals surface area contributed by atoms with Gasteiger partial charge in [-0.1, -0.05) is 6.58 Å². The highest BCUT2D eigenvalue weighted by atomic mass is 16.2. The van der Waals surface area contributed by atoms with Crippen LogP contribution in [-0.4, -0.2) is 29.7 Å². The van der Waals surface area contributed by atoms with Gasteiger partial charge in [0.2, 0.25) is 5.91 Å². The fourth-order valence-electron chi connectivity index (χ4n) is 3.16. The second-order valence-electron chi connectivity index (χ2n) is 5.54. The molecule has 0 radical (unpaired) electrons. The van der Waals surface area contributed by atoms with E-state index in [-0.39, 0.29) is 17.6 Å². The van der Waals surface area contributed by atoms with Crippen LogP contribution in [0, 0.1) is 11.8 Å². The van der Waals surface area contributed by atoms with Crippen molar-refractivity contribution in [2.75, 3.05) is 13.1 Å². The van der Waals surface area contributed by atoms with Gasteiger partial charge in [-0.15, -0.1) is 0 Å². The van der Waals surface area contributed by atoms with Gasteiger partial charge in [0.15, 0.2) is 5.78 Å². The molecule has 0 aromatic rings. The number of hydrogen-bond donors (Lipinski definition) is 0. The minimum atomic E-state index is 0.118. The van der Waals surface area contributed by atoms with E-state index in [0.29, 0.717) is 5.91 Å². The summed E-state index contributed by atoms with van der Waals surface area (Å²) in [6.07, 6.45) is 8.44. The normalized spacial score (nSPS) is 28.8. The van der Waals surface area contributed by atoms with Gasteiger partial charge in [-0.25, -0.2) is 0 Å². The van der Waals surface area contributed by atoms with E-state index in [1.54, 1.807) is 0 Å². The highest BCUT2D eigenvalue weighted by Gasteiger charge is 2.31. The minimum absolute atomic E-state index is 0.118. The maximum atomic E-state index is 12.3. The van der Waals surface area contributed by atoms with Crippen LogP contribution in [0.15, 0.2) is 12.7 Å². The number of nitrogens with zero attached hydrogens (tertiary/aromatic N) is 1. The Morgan fingerprint density at radius 1 is 0.944 bits per heavy atom. The van der Waals surface area contributed by atoms with Crippen molar-refractivity contribution < 1.29 is 9.59 Å². The monoisotopic (exact) mass is 249 g/mol. The van der Waals surface area contributed by atoms with Crippen LogP contribution in [0.2, 0.25) is 0 Å². The molecule has 0 spiro atoms. The number of ketones is 1. The molecule has 0 N–H and O–H groups in total. The number of likely N-dealkylation sites (tertiary alicyclic amines) is 1. The molecule has 1 aliphatic heterocycles. The van der Waals surface area contributed by atoms with Gasteiger partial charge < -0.3 is 4.90 Å². The Labute approximate surface area is 109 Å². The smallest absolute Gasteiger partial charge is 0.225 e. The molecule has 0 bridgehead atoms. The lowest BCUT2D eigenvalue weighted by Gasteiger charge is -2.33. The van der Waals surface area contributed by atoms with E-state index < -0.39 is 0 Å². The first-order chi connectivity index (χ1) is 8.72. The summed E-state index contributed by atoms with van der Waals surface area (Å²) in [5, 5.41) is 0. The molecule has 2 fully saturated rings. The lowest BCUT2D eigenvalue weighted by Crippen LogP contribution is -2.41. The van der Waals surface area contributed by atoms with Crippen LogP contribution in [0.3, 0.4) is 0 Å². The third-order valence-corrected chi connectivity index (χ3v) is 4.35. The molecule has 1 amide bonds. The molecule has 2 aliphatic rings. The van der Waals surface area contributed by atoms with Crippen LogP contribution in [0.1, 0.15) is 44.9 Å². The van der Waals surface area contributed by atoms with Crippen molar-refractivity contribution >= 4 is 11.7 Å². The van der Waals surface area contributed by atoms with E-state index in [2.05, 4.69) is 6.58 Å². The highest BCUT2D eigenvalue weighted by Crippen LogP contribution is 2.31. The highest BCUT2D eigenvalue weighted by molar-refractivity contribution is 5.91. The first-order valence-corrected chi connectivity index (χ1v) is 7.17. The van der Waals surface area contributed by atoms with Crippen LogP contribution < -0.4 is 0 Å². The van der Waals surface area contributed by atoms with Gasteiger partial charge in [-0.2, -0.15) is 0 Å². The zero-order valence-electron chi connectivity index (χ0n) is 11.1. The summed E-state index contributed by atoms with van der Waals surface area (Å²) in [5.41, 5.74) is 0. The van der Waals surface area contributed by atoms with Gasteiger partial charge in [0.25, 0.3) is 0 Å². The van der Waals surface area contributed by atoms with E-state index in [4.69, 9.17) is 0 Å². The summed E-state index contributed by atoms with van der Waals surface area (Å²) in [6.45, 7) is 5.41. The molecular formula is C15H23NO2. The van der Waals surface area contributed by atoms with Crippen LogP contribution in [0.25, 0.3) is 0 Å². The van der Waals surface area contributed by atoms with Gasteiger partial charge in [-0.3, -0.25) is 9.59 Å². The summed E-state index contributed by atoms with van der Waals surface area (Å²) in [4.78, 5) is 25.9. The predicted molar refractivity (Wildman–Crippen MR) is 71.1 cm³/mol. The molecule has 0 aromatic heterocycles. The molecular weight excluding hydrogens is 226 g/mol. The number of amides is 1. The van der Waals surface area contributed by atoms with Crippen molar-refractivity contribution in [3.05, 3.63) is 12.7 Å². The lowest BCUT2D eigenvalue weighted by molar-refractivity contribution is -0.138. The Balaban J connectivity index is 1.83. The molecule has 0 aromatic carbocycles. The van der Waals surface area contributed by atoms with Crippen LogP contribution in [0.4, 0.5) is 0 Å². The first-order valence-electron chi connectivity index (χ1n) is 7.17. The molecule has 3 heteroatoms. The molecule has 1 heterocycles. The number of rotatable bonds is 3. The van der Waals surface area contributed by atoms with Crippen molar-refractivity contribution in [3.8, 4) is 0 Å². The molecule has 100 valence electrons. The van der Waals surface area contributed by atoms with E-state index in [9.17, 15) is 9.59 Å². The summed E-state index contributed by atoms with van der Waals surface area (Å²) in [5.74, 6) is 0.767. The lowest BCUT2D eigenvalue weighted by atomic mass is 9.79. The summed E-state index contributed by atoms with van der Waals surface area (Å²) in [7, 11) is 0. The average molecular weight is 249 g/mol. The van der Waals surface area contributed by atoms with Crippen LogP contribution >= 0.6 is 0 Å². The zero-order chi connectivity index (χ0) is 13.0. The van der Waals surface area contributed by atoms with Crippen molar-refractivity contribution in [1.82, 2.24) is 4.90 Å². The third-order valence-electron chi connectivity index (χ3n) is 4.35. The Kier molecular flexibility index (Phi) is 4.56. The topological polar surface area (TPSA) is 37.4 Å². The molecule has 1 aliphatic carbocycles. The quantitative estimate of drug-likeness (QED) is 0.721. The summed E-state index contributed by atoms with van der Waals surface area (Å²) >= 11 is 0. The molecule has 0 atom stereocenters. The largest absolute Gasteiger partial charge is 0.342 e. The van der Waals surface area contributed by atoms with Gasteiger partial charge in [0.1, 0.15) is 0 Å². The third kappa shape index (κ3) is 3.01. The van der Waals surface area contributed by atoms with Crippen molar-refractivity contribution in [1.29, 1.82) is 0 Å². The molecule has 3 nitrogen and oxygen atoms in total. The van der Waals surface area contributed by atoms with E-state index in [0.717, 1.165) is 51.6 Å². The van der Waals surface area contributed by atoms with E-state index in [1.165, 1.54) is 12.5 Å². The zero-order valence-corrected chi connectivity index (χ0v) is 11.1. The number of allylic oxidation sites excluding steroid dienone is 1. The number of carbonyl (C=O) groups is 2. The molecule has 2 rings (SSSR count). The Hall–Kier alpha value is -1.12. The Morgan fingerprint density at radius 2 is 1.50 bits per heavy atom. The van der Waals surface area contributed by atoms with Crippen molar-refractivity contribution in [3.63, 3.8) is 0 Å². The van der Waals surface area contributed by atoms with Crippen molar-refractivity contribution in [2.24, 2.45) is 11.8 Å². The van der Waals surface area contributed by atoms with Gasteiger partial charge in [0.05, 0.1) is 0 Å². The standard InChI is InChI=1S/C15H23NO2/c1-2-14(17)12-6-8-13(9-7-12)15(18)16-10-4-3-5-11-16/h2,12-13H,1,3-11H2. The molecule has 1 saturated heterocycles. The van der Waals surface area contributed by atoms with E-state index in [1.807, 2.05) is 4.90 Å². The minimum Gasteiger partial charge on any atom is -0.342 e. The Bertz CT molecular complexity index is 323. The maximum Gasteiger partial charge on any atom is 0.225 e. The average Bonchev–Trinajstić information content (AvgIpc) is 2.47. The van der Waals surface area contributed by atoms with Gasteiger partial charge in [0, 0.05) is 24.9 Å². The molecule has 18 heavy (non-hydrogen) atoms. The SMILES string of the molecule is C=CC(=O)C1CCC(C(=O)N2CCCCC2)CC1. The number of hydrogen-bond acceptors (Lipinski definition) is 2. The van der Waals surface area contributed by atoms with Crippen LogP contribution in [-0.2, 0) is 9.59 Å². The number of piperidine rings is 1. The first kappa shape index (κ1) is 13.3. The summed E-state index contributed by atoms with van der Waals surface area (Å²) < 4.78 is 0. The maximum absolute atomic E-state index is 12.3. The molecule has 0 unspecified atom stereocenters. The number of carbonyl (C=O) groups excluding carboxylic acids is 2. The van der Waals surface area contributed by atoms with Crippen LogP contribution in [0.5, 0.6) is 0 Å². The van der Waals surface area contributed by atoms with Crippen molar-refractivity contribution in [2.45, 2.75) is 44.9 Å². The summed E-state index contributed by atoms with van der Waals surface area (Å²) in [6, 6.07) is 0. The second-order valence-corrected chi connectivity index (χ2v) is 5.54. The fraction of sp³-hybridized carbons (Fsp3) is 0.733. The van der Waals surface area contributed by atoms with Gasteiger partial charge in [-0.05, 0) is 51.0 Å². The predicted octanol–water partition coefficient (Wildman–Crippen LogP) is 2.56.